The van der Waals surface area contributed by atoms with Crippen molar-refractivity contribution in [1.29, 1.82) is 0 Å². The number of allylic oxidation sites excluding steroid dienone is 3. The highest BCUT2D eigenvalue weighted by Gasteiger charge is 2.18. The zero-order chi connectivity index (χ0) is 63.5. The minimum atomic E-state index is -0.841. The van der Waals surface area contributed by atoms with Crippen LogP contribution in [0.2, 0.25) is 0 Å². The molecule has 0 spiro atoms. The van der Waals surface area contributed by atoms with Gasteiger partial charge in [0.2, 0.25) is 5.91 Å². The van der Waals surface area contributed by atoms with Gasteiger partial charge in [-0.2, -0.15) is 0 Å². The van der Waals surface area contributed by atoms with Gasteiger partial charge >= 0.3 is 5.97 Å². The van der Waals surface area contributed by atoms with Gasteiger partial charge in [-0.1, -0.05) is 423 Å². The fourth-order valence-corrected chi connectivity index (χ4v) is 13.0. The molecule has 0 aromatic carbocycles. The lowest BCUT2D eigenvalue weighted by molar-refractivity contribution is -0.143. The lowest BCUT2D eigenvalue weighted by Crippen LogP contribution is -2.45. The molecule has 0 aromatic rings. The topological polar surface area (TPSA) is 95.9 Å². The van der Waals surface area contributed by atoms with Gasteiger partial charge in [-0.25, -0.2) is 0 Å². The van der Waals surface area contributed by atoms with E-state index in [0.717, 1.165) is 44.9 Å². The highest BCUT2D eigenvalue weighted by molar-refractivity contribution is 5.76. The predicted molar refractivity (Wildman–Crippen MR) is 389 cm³/mol. The van der Waals surface area contributed by atoms with Crippen LogP contribution in [0.5, 0.6) is 0 Å². The molecule has 0 aliphatic rings. The third-order valence-corrected chi connectivity index (χ3v) is 19.2. The van der Waals surface area contributed by atoms with Crippen LogP contribution in [0.25, 0.3) is 0 Å². The van der Waals surface area contributed by atoms with E-state index in [9.17, 15) is 19.8 Å². The summed E-state index contributed by atoms with van der Waals surface area (Å²) in [4.78, 5) is 24.6. The van der Waals surface area contributed by atoms with Gasteiger partial charge in [0.25, 0.3) is 0 Å². The minimum absolute atomic E-state index is 0.0135. The van der Waals surface area contributed by atoms with Crippen molar-refractivity contribution in [3.8, 4) is 0 Å². The number of ether oxygens (including phenoxy) is 1. The van der Waals surface area contributed by atoms with E-state index in [-0.39, 0.29) is 18.5 Å². The van der Waals surface area contributed by atoms with Crippen LogP contribution in [-0.4, -0.2) is 47.4 Å². The van der Waals surface area contributed by atoms with Gasteiger partial charge in [0, 0.05) is 12.8 Å². The van der Waals surface area contributed by atoms with E-state index in [2.05, 4.69) is 31.3 Å². The average molecular weight is 1240 g/mol. The van der Waals surface area contributed by atoms with Crippen LogP contribution in [0.15, 0.2) is 24.3 Å². The summed E-state index contributed by atoms with van der Waals surface area (Å²) in [5, 5.41) is 23.3. The van der Waals surface area contributed by atoms with Crippen LogP contribution in [0.1, 0.15) is 463 Å². The normalized spacial score (nSPS) is 12.5. The highest BCUT2D eigenvalue weighted by Crippen LogP contribution is 2.20. The Kier molecular flexibility index (Phi) is 76.3. The van der Waals surface area contributed by atoms with Gasteiger partial charge in [0.1, 0.15) is 0 Å². The number of esters is 1. The number of hydrogen-bond acceptors (Lipinski definition) is 5. The van der Waals surface area contributed by atoms with E-state index in [0.29, 0.717) is 19.4 Å². The molecule has 3 N–H and O–H groups in total. The van der Waals surface area contributed by atoms with E-state index >= 15 is 0 Å². The monoisotopic (exact) mass is 1240 g/mol. The third kappa shape index (κ3) is 73.4. The van der Waals surface area contributed by atoms with Crippen LogP contribution < -0.4 is 5.32 Å². The Morgan fingerprint density at radius 3 is 0.841 bits per heavy atom. The largest absolute Gasteiger partial charge is 0.466 e. The molecule has 0 saturated carbocycles. The zero-order valence-electron chi connectivity index (χ0n) is 60.0. The molecule has 2 atom stereocenters. The maximum absolute atomic E-state index is 12.5. The van der Waals surface area contributed by atoms with Gasteiger partial charge in [-0.05, 0) is 51.4 Å². The maximum Gasteiger partial charge on any atom is 0.305 e. The number of aliphatic hydroxyl groups excluding tert-OH is 2. The van der Waals surface area contributed by atoms with E-state index < -0.39 is 12.1 Å². The number of nitrogens with one attached hydrogen (secondary N) is 1. The molecule has 0 aromatic heterocycles. The molecule has 1 amide bonds. The first-order chi connectivity index (χ1) is 43.5. The first-order valence-corrected chi connectivity index (χ1v) is 40.6. The van der Waals surface area contributed by atoms with E-state index in [1.807, 2.05) is 6.08 Å². The minimum Gasteiger partial charge on any atom is -0.466 e. The van der Waals surface area contributed by atoms with Gasteiger partial charge in [0.15, 0.2) is 0 Å². The van der Waals surface area contributed by atoms with Gasteiger partial charge < -0.3 is 20.3 Å². The molecule has 2 unspecified atom stereocenters. The quantitative estimate of drug-likeness (QED) is 0.0320. The van der Waals surface area contributed by atoms with Crippen molar-refractivity contribution in [2.75, 3.05) is 13.2 Å². The summed E-state index contributed by atoms with van der Waals surface area (Å²) < 4.78 is 5.48. The molecule has 0 bridgehead atoms. The lowest BCUT2D eigenvalue weighted by Gasteiger charge is -2.20. The Bertz CT molecular complexity index is 1380. The number of unbranched alkanes of at least 4 members (excludes halogenated alkanes) is 64. The van der Waals surface area contributed by atoms with Crippen molar-refractivity contribution < 1.29 is 24.5 Å². The molecule has 88 heavy (non-hydrogen) atoms. The first-order valence-electron chi connectivity index (χ1n) is 40.6. The molecule has 0 fully saturated rings. The molecule has 0 saturated heterocycles. The Balaban J connectivity index is 3.32. The maximum atomic E-state index is 12.5. The second kappa shape index (κ2) is 77.8. The standard InChI is InChI=1S/C82H159NO5/c1-3-5-7-9-11-13-15-16-17-18-19-39-42-45-48-51-55-58-62-66-70-74-80(85)79(78-84)83-81(86)75-71-67-63-59-56-52-49-46-43-40-37-35-33-31-29-27-25-23-21-20-22-24-26-28-30-32-34-36-38-41-44-47-50-53-57-61-65-69-73-77-88-82(87)76-72-68-64-60-54-14-12-10-8-6-4-2/h10,12,70,74,79-80,84-85H,3-9,11,13-69,71-73,75-78H2,1-2H3,(H,83,86)/b12-10-,74-70+. The number of aliphatic hydroxyl groups is 2. The molecule has 0 aliphatic carbocycles. The van der Waals surface area contributed by atoms with E-state index in [1.165, 1.54) is 392 Å². The molecule has 6 heteroatoms. The molecule has 0 aliphatic heterocycles. The summed E-state index contributed by atoms with van der Waals surface area (Å²) in [6.45, 7) is 4.92. The number of hydrogen-bond donors (Lipinski definition) is 3. The summed E-state index contributed by atoms with van der Waals surface area (Å²) >= 11 is 0. The van der Waals surface area contributed by atoms with Crippen molar-refractivity contribution in [2.24, 2.45) is 0 Å². The second-order valence-corrected chi connectivity index (χ2v) is 28.1. The summed E-state index contributed by atoms with van der Waals surface area (Å²) in [5.74, 6) is -0.0434. The van der Waals surface area contributed by atoms with Crippen molar-refractivity contribution in [2.45, 2.75) is 475 Å². The smallest absolute Gasteiger partial charge is 0.305 e. The van der Waals surface area contributed by atoms with Crippen molar-refractivity contribution in [3.05, 3.63) is 24.3 Å². The van der Waals surface area contributed by atoms with Crippen LogP contribution >= 0.6 is 0 Å². The van der Waals surface area contributed by atoms with Crippen molar-refractivity contribution in [3.63, 3.8) is 0 Å². The lowest BCUT2D eigenvalue weighted by atomic mass is 10.0. The number of carbonyl (C=O) groups is 2. The first kappa shape index (κ1) is 86.3. The van der Waals surface area contributed by atoms with Crippen LogP contribution in [0.3, 0.4) is 0 Å². The van der Waals surface area contributed by atoms with Gasteiger partial charge in [0.05, 0.1) is 25.4 Å². The molecule has 522 valence electrons. The van der Waals surface area contributed by atoms with Crippen LogP contribution in [0.4, 0.5) is 0 Å². The third-order valence-electron chi connectivity index (χ3n) is 19.2. The Labute approximate surface area is 551 Å². The average Bonchev–Trinajstić information content (AvgIpc) is 3.55. The highest BCUT2D eigenvalue weighted by atomic mass is 16.5. The second-order valence-electron chi connectivity index (χ2n) is 28.1. The zero-order valence-corrected chi connectivity index (χ0v) is 60.0. The van der Waals surface area contributed by atoms with Gasteiger partial charge in [-0.3, -0.25) is 9.59 Å². The van der Waals surface area contributed by atoms with E-state index in [4.69, 9.17) is 4.74 Å². The molecule has 0 rings (SSSR count). The molecular formula is C82H159NO5. The Morgan fingerprint density at radius 2 is 0.545 bits per heavy atom. The van der Waals surface area contributed by atoms with Gasteiger partial charge in [-0.15, -0.1) is 0 Å². The van der Waals surface area contributed by atoms with Crippen LogP contribution in [-0.2, 0) is 14.3 Å². The Hall–Kier alpha value is -1.66. The summed E-state index contributed by atoms with van der Waals surface area (Å²) in [7, 11) is 0. The van der Waals surface area contributed by atoms with Crippen molar-refractivity contribution in [1.82, 2.24) is 5.32 Å². The number of carbonyl (C=O) groups excluding carboxylic acids is 2. The number of rotatable bonds is 77. The molecular weight excluding hydrogens is 1080 g/mol. The molecule has 0 radical (unpaired) electrons. The van der Waals surface area contributed by atoms with E-state index in [1.54, 1.807) is 6.08 Å². The Morgan fingerprint density at radius 1 is 0.307 bits per heavy atom. The summed E-state index contributed by atoms with van der Waals surface area (Å²) in [5.41, 5.74) is 0. The van der Waals surface area contributed by atoms with Crippen LogP contribution in [0, 0.1) is 0 Å². The fourth-order valence-electron chi connectivity index (χ4n) is 13.0. The molecule has 6 nitrogen and oxygen atoms in total. The SMILES string of the molecule is CCCC/C=C\CCCCCCCC(=O)OCCCCCCCCCCCCCCCCCCCCCCCCCCCCCCCCCCCCCCCCCC(=O)NC(CO)C(O)/C=C/CCCCCCCCCCCCCCCCCCCCC. The fraction of sp³-hybridized carbons (Fsp3) is 0.927. The number of amides is 1. The predicted octanol–water partition coefficient (Wildman–Crippen LogP) is 26.8. The van der Waals surface area contributed by atoms with Crippen molar-refractivity contribution >= 4 is 11.9 Å². The summed E-state index contributed by atoms with van der Waals surface area (Å²) in [6.07, 6.45) is 100. The molecule has 0 heterocycles. The summed E-state index contributed by atoms with van der Waals surface area (Å²) in [6, 6.07) is -0.624.